The molecule has 1 saturated carbocycles. The zero-order chi connectivity index (χ0) is 15.6. The summed E-state index contributed by atoms with van der Waals surface area (Å²) in [6.07, 6.45) is 3.96. The smallest absolute Gasteiger partial charge is 0.308 e. The predicted octanol–water partition coefficient (Wildman–Crippen LogP) is 2.93. The molecule has 0 spiro atoms. The highest BCUT2D eigenvalue weighted by atomic mass is 19.2. The third-order valence-corrected chi connectivity index (χ3v) is 3.60. The van der Waals surface area contributed by atoms with Crippen molar-refractivity contribution in [1.82, 2.24) is 5.32 Å². The van der Waals surface area contributed by atoms with Crippen molar-refractivity contribution in [3.05, 3.63) is 39.2 Å². The summed E-state index contributed by atoms with van der Waals surface area (Å²) in [5.41, 5.74) is -2.13. The van der Waals surface area contributed by atoms with Crippen molar-refractivity contribution < 1.29 is 22.9 Å². The number of nitro groups is 1. The first kappa shape index (κ1) is 15.3. The van der Waals surface area contributed by atoms with Crippen LogP contribution < -0.4 is 5.32 Å². The molecule has 0 bridgehead atoms. The molecule has 0 heterocycles. The largest absolute Gasteiger partial charge is 0.352 e. The summed E-state index contributed by atoms with van der Waals surface area (Å²) in [6.45, 7) is 0.283. The molecule has 2 rings (SSSR count). The molecule has 5 nitrogen and oxygen atoms in total. The van der Waals surface area contributed by atoms with Crippen LogP contribution in [-0.2, 0) is 0 Å². The number of nitro benzene ring substituents is 1. The number of nitrogens with zero attached hydrogens (tertiary/aromatic N) is 1. The number of carbonyl (C=O) groups excluding carboxylic acids is 1. The second-order valence-electron chi connectivity index (χ2n) is 5.00. The Bertz CT molecular complexity index is 587. The van der Waals surface area contributed by atoms with Gasteiger partial charge in [-0.3, -0.25) is 14.9 Å². The van der Waals surface area contributed by atoms with E-state index in [1.54, 1.807) is 0 Å². The van der Waals surface area contributed by atoms with Gasteiger partial charge in [-0.2, -0.15) is 4.39 Å². The van der Waals surface area contributed by atoms with E-state index in [1.807, 2.05) is 0 Å². The van der Waals surface area contributed by atoms with Crippen molar-refractivity contribution >= 4 is 11.6 Å². The molecule has 0 atom stereocenters. The van der Waals surface area contributed by atoms with Gasteiger partial charge in [-0.05, 0) is 18.8 Å². The fourth-order valence-corrected chi connectivity index (χ4v) is 2.44. The van der Waals surface area contributed by atoms with Crippen LogP contribution in [-0.4, -0.2) is 17.4 Å². The summed E-state index contributed by atoms with van der Waals surface area (Å²) in [6, 6.07) is 0.414. The SMILES string of the molecule is O=C(NCC1CCCC1)c1cc([N+](=O)[O-])c(F)c(F)c1F. The van der Waals surface area contributed by atoms with Gasteiger partial charge in [0.1, 0.15) is 0 Å². The Labute approximate surface area is 118 Å². The average Bonchev–Trinajstić information content (AvgIpc) is 2.95. The molecular formula is C13H13F3N2O3. The zero-order valence-electron chi connectivity index (χ0n) is 11.0. The van der Waals surface area contributed by atoms with E-state index in [9.17, 15) is 28.1 Å². The highest BCUT2D eigenvalue weighted by Crippen LogP contribution is 2.26. The van der Waals surface area contributed by atoms with Crippen LogP contribution in [0, 0.1) is 33.5 Å². The molecule has 1 aromatic rings. The van der Waals surface area contributed by atoms with E-state index in [2.05, 4.69) is 5.32 Å². The molecule has 1 aliphatic carbocycles. The molecule has 1 amide bonds. The second kappa shape index (κ2) is 6.11. The van der Waals surface area contributed by atoms with Gasteiger partial charge in [0.2, 0.25) is 11.6 Å². The maximum absolute atomic E-state index is 13.6. The number of carbonyl (C=O) groups is 1. The molecular weight excluding hydrogens is 289 g/mol. The standard InChI is InChI=1S/C13H13F3N2O3/c14-10-8(5-9(18(20)21)11(15)12(10)16)13(19)17-6-7-3-1-2-4-7/h5,7H,1-4,6H2,(H,17,19). The number of amides is 1. The van der Waals surface area contributed by atoms with Gasteiger partial charge in [-0.25, -0.2) is 8.78 Å². The minimum Gasteiger partial charge on any atom is -0.352 e. The lowest BCUT2D eigenvalue weighted by atomic mass is 10.1. The first-order valence-electron chi connectivity index (χ1n) is 6.52. The summed E-state index contributed by atoms with van der Waals surface area (Å²) < 4.78 is 40.0. The van der Waals surface area contributed by atoms with E-state index in [0.29, 0.717) is 6.07 Å². The highest BCUT2D eigenvalue weighted by Gasteiger charge is 2.28. The van der Waals surface area contributed by atoms with Gasteiger partial charge >= 0.3 is 5.69 Å². The summed E-state index contributed by atoms with van der Waals surface area (Å²) >= 11 is 0. The maximum Gasteiger partial charge on any atom is 0.308 e. The minimum absolute atomic E-state index is 0.261. The lowest BCUT2D eigenvalue weighted by molar-refractivity contribution is -0.387. The van der Waals surface area contributed by atoms with Crippen molar-refractivity contribution in [2.45, 2.75) is 25.7 Å². The number of halogens is 3. The molecule has 0 radical (unpaired) electrons. The van der Waals surface area contributed by atoms with E-state index < -0.39 is 39.5 Å². The molecule has 0 aliphatic heterocycles. The van der Waals surface area contributed by atoms with Crippen LogP contribution in [0.15, 0.2) is 6.07 Å². The molecule has 1 N–H and O–H groups in total. The lowest BCUT2D eigenvalue weighted by Crippen LogP contribution is -2.29. The van der Waals surface area contributed by atoms with E-state index in [-0.39, 0.29) is 12.5 Å². The summed E-state index contributed by atoms with van der Waals surface area (Å²) in [7, 11) is 0. The van der Waals surface area contributed by atoms with E-state index >= 15 is 0 Å². The third-order valence-electron chi connectivity index (χ3n) is 3.60. The Hall–Kier alpha value is -2.12. The monoisotopic (exact) mass is 302 g/mol. The first-order chi connectivity index (χ1) is 9.91. The molecule has 0 unspecified atom stereocenters. The second-order valence-corrected chi connectivity index (χ2v) is 5.00. The molecule has 1 aliphatic rings. The Morgan fingerprint density at radius 3 is 2.43 bits per heavy atom. The van der Waals surface area contributed by atoms with Gasteiger partial charge in [0.25, 0.3) is 5.91 Å². The Morgan fingerprint density at radius 2 is 1.86 bits per heavy atom. The molecule has 0 aromatic heterocycles. The molecule has 21 heavy (non-hydrogen) atoms. The molecule has 114 valence electrons. The van der Waals surface area contributed by atoms with Gasteiger partial charge in [0.15, 0.2) is 5.82 Å². The summed E-state index contributed by atoms with van der Waals surface area (Å²) in [5, 5.41) is 13.0. The number of nitrogens with one attached hydrogen (secondary N) is 1. The van der Waals surface area contributed by atoms with Gasteiger partial charge in [-0.15, -0.1) is 0 Å². The normalized spacial score (nSPS) is 15.2. The van der Waals surface area contributed by atoms with E-state index in [1.165, 1.54) is 0 Å². The zero-order valence-corrected chi connectivity index (χ0v) is 11.0. The topological polar surface area (TPSA) is 72.2 Å². The minimum atomic E-state index is -2.02. The quantitative estimate of drug-likeness (QED) is 0.528. The van der Waals surface area contributed by atoms with Crippen molar-refractivity contribution in [3.8, 4) is 0 Å². The Kier molecular flexibility index (Phi) is 4.44. The van der Waals surface area contributed by atoms with Gasteiger partial charge < -0.3 is 5.32 Å². The number of hydrogen-bond donors (Lipinski definition) is 1. The number of rotatable bonds is 4. The molecule has 0 saturated heterocycles. The van der Waals surface area contributed by atoms with Crippen LogP contribution in [0.1, 0.15) is 36.0 Å². The van der Waals surface area contributed by atoms with Gasteiger partial charge in [0, 0.05) is 12.6 Å². The maximum atomic E-state index is 13.6. The lowest BCUT2D eigenvalue weighted by Gasteiger charge is -2.11. The van der Waals surface area contributed by atoms with Gasteiger partial charge in [-0.1, -0.05) is 12.8 Å². The fraction of sp³-hybridized carbons (Fsp3) is 0.462. The van der Waals surface area contributed by atoms with Crippen LogP contribution in [0.2, 0.25) is 0 Å². The molecule has 1 fully saturated rings. The van der Waals surface area contributed by atoms with Crippen LogP contribution in [0.5, 0.6) is 0 Å². The average molecular weight is 302 g/mol. The molecule has 8 heteroatoms. The summed E-state index contributed by atoms with van der Waals surface area (Å²) in [4.78, 5) is 21.2. The van der Waals surface area contributed by atoms with E-state index in [0.717, 1.165) is 25.7 Å². The van der Waals surface area contributed by atoms with Gasteiger partial charge in [0.05, 0.1) is 10.5 Å². The predicted molar refractivity (Wildman–Crippen MR) is 67.3 cm³/mol. The highest BCUT2D eigenvalue weighted by molar-refractivity contribution is 5.95. The van der Waals surface area contributed by atoms with E-state index in [4.69, 9.17) is 0 Å². The van der Waals surface area contributed by atoms with Crippen LogP contribution >= 0.6 is 0 Å². The molecule has 1 aromatic carbocycles. The van der Waals surface area contributed by atoms with Crippen molar-refractivity contribution in [3.63, 3.8) is 0 Å². The Balaban J connectivity index is 2.21. The fourth-order valence-electron chi connectivity index (χ4n) is 2.44. The summed E-state index contributed by atoms with van der Waals surface area (Å²) in [5.74, 6) is -6.37. The van der Waals surface area contributed by atoms with Crippen molar-refractivity contribution in [2.75, 3.05) is 6.54 Å². The number of benzene rings is 1. The number of hydrogen-bond acceptors (Lipinski definition) is 3. The van der Waals surface area contributed by atoms with Crippen LogP contribution in [0.4, 0.5) is 18.9 Å². The van der Waals surface area contributed by atoms with Crippen LogP contribution in [0.3, 0.4) is 0 Å². The van der Waals surface area contributed by atoms with Crippen molar-refractivity contribution in [1.29, 1.82) is 0 Å². The Morgan fingerprint density at radius 1 is 1.24 bits per heavy atom. The third kappa shape index (κ3) is 3.14. The van der Waals surface area contributed by atoms with Crippen molar-refractivity contribution in [2.24, 2.45) is 5.92 Å². The van der Waals surface area contributed by atoms with Crippen LogP contribution in [0.25, 0.3) is 0 Å². The first-order valence-corrected chi connectivity index (χ1v) is 6.52.